The van der Waals surface area contributed by atoms with Gasteiger partial charge in [0.25, 0.3) is 0 Å². The molecule has 0 bridgehead atoms. The highest BCUT2D eigenvalue weighted by atomic mass is 35.5. The first-order valence-corrected chi connectivity index (χ1v) is 11.1. The summed E-state index contributed by atoms with van der Waals surface area (Å²) in [6, 6.07) is 1.07. The lowest BCUT2D eigenvalue weighted by molar-refractivity contribution is -0.144. The van der Waals surface area contributed by atoms with Crippen LogP contribution in [0.3, 0.4) is 0 Å². The van der Waals surface area contributed by atoms with Crippen molar-refractivity contribution in [3.8, 4) is 0 Å². The molecule has 2 rings (SSSR count). The van der Waals surface area contributed by atoms with Gasteiger partial charge in [0.2, 0.25) is 15.8 Å². The molecule has 1 unspecified atom stereocenters. The van der Waals surface area contributed by atoms with Gasteiger partial charge in [0, 0.05) is 32.7 Å². The second kappa shape index (κ2) is 7.09. The van der Waals surface area contributed by atoms with Crippen LogP contribution in [0.5, 0.6) is 0 Å². The van der Waals surface area contributed by atoms with Crippen molar-refractivity contribution in [2.24, 2.45) is 0 Å². The van der Waals surface area contributed by atoms with E-state index in [2.05, 4.69) is 9.97 Å². The molecular formula is C12H16ClF3N4O4S2. The maximum atomic E-state index is 12.8. The maximum Gasteiger partial charge on any atom is 0.451 e. The maximum absolute atomic E-state index is 12.8. The summed E-state index contributed by atoms with van der Waals surface area (Å²) in [6.07, 6.45) is -3.85. The van der Waals surface area contributed by atoms with Gasteiger partial charge in [0.1, 0.15) is 11.0 Å². The van der Waals surface area contributed by atoms with Crippen molar-refractivity contribution < 1.29 is 30.0 Å². The number of sulfonamides is 1. The molecule has 1 aliphatic heterocycles. The summed E-state index contributed by atoms with van der Waals surface area (Å²) >= 11 is 5.60. The smallest absolute Gasteiger partial charge is 0.358 e. The van der Waals surface area contributed by atoms with Crippen LogP contribution in [-0.2, 0) is 26.0 Å². The fraction of sp³-hybridized carbons (Fsp3) is 0.667. The van der Waals surface area contributed by atoms with Gasteiger partial charge in [-0.05, 0) is 0 Å². The quantitative estimate of drug-likeness (QED) is 0.638. The monoisotopic (exact) mass is 436 g/mol. The summed E-state index contributed by atoms with van der Waals surface area (Å²) in [5.41, 5.74) is 0. The Kier molecular flexibility index (Phi) is 5.76. The second-order valence-electron chi connectivity index (χ2n) is 5.86. The SMILES string of the molecule is CN(CC1CN(S(C)(=O)=O)CCS1(=O)=O)c1cc(Cl)nc(C(F)(F)F)n1. The van der Waals surface area contributed by atoms with Gasteiger partial charge >= 0.3 is 6.18 Å². The fourth-order valence-corrected chi connectivity index (χ4v) is 5.35. The lowest BCUT2D eigenvalue weighted by Gasteiger charge is -2.33. The van der Waals surface area contributed by atoms with Crippen LogP contribution in [0, 0.1) is 0 Å². The molecule has 0 aromatic carbocycles. The lowest BCUT2D eigenvalue weighted by Crippen LogP contribution is -2.52. The Bertz CT molecular complexity index is 892. The molecule has 0 spiro atoms. The number of anilines is 1. The van der Waals surface area contributed by atoms with E-state index < -0.39 is 42.3 Å². The predicted octanol–water partition coefficient (Wildman–Crippen LogP) is 0.644. The first-order valence-electron chi connectivity index (χ1n) is 7.20. The van der Waals surface area contributed by atoms with Gasteiger partial charge in [-0.1, -0.05) is 11.6 Å². The number of hydrogen-bond donors (Lipinski definition) is 0. The minimum absolute atomic E-state index is 0.154. The number of rotatable bonds is 4. The zero-order valence-electron chi connectivity index (χ0n) is 13.7. The molecule has 14 heteroatoms. The Labute approximate surface area is 153 Å². The molecule has 1 saturated heterocycles. The van der Waals surface area contributed by atoms with Gasteiger partial charge < -0.3 is 4.90 Å². The third-order valence-corrected chi connectivity index (χ3v) is 7.34. The normalized spacial score (nSPS) is 21.5. The second-order valence-corrected chi connectivity index (χ2v) is 10.6. The molecule has 0 amide bonds. The highest BCUT2D eigenvalue weighted by molar-refractivity contribution is 7.92. The number of alkyl halides is 3. The Morgan fingerprint density at radius 2 is 2.00 bits per heavy atom. The average Bonchev–Trinajstić information content (AvgIpc) is 2.46. The molecule has 0 N–H and O–H groups in total. The Hall–Kier alpha value is -1.18. The van der Waals surface area contributed by atoms with Crippen LogP contribution in [0.15, 0.2) is 6.07 Å². The molecule has 0 saturated carbocycles. The van der Waals surface area contributed by atoms with E-state index in [1.807, 2.05) is 0 Å². The topological polar surface area (TPSA) is 101 Å². The van der Waals surface area contributed by atoms with Crippen LogP contribution >= 0.6 is 11.6 Å². The van der Waals surface area contributed by atoms with E-state index in [4.69, 9.17) is 11.6 Å². The number of halogens is 4. The summed E-state index contributed by atoms with van der Waals surface area (Å²) in [7, 11) is -5.86. The largest absolute Gasteiger partial charge is 0.451 e. The van der Waals surface area contributed by atoms with E-state index in [9.17, 15) is 30.0 Å². The summed E-state index contributed by atoms with van der Waals surface area (Å²) in [6.45, 7) is -0.686. The van der Waals surface area contributed by atoms with Crippen LogP contribution in [0.2, 0.25) is 5.15 Å². The molecule has 8 nitrogen and oxygen atoms in total. The molecule has 1 fully saturated rings. The number of nitrogens with zero attached hydrogens (tertiary/aromatic N) is 4. The highest BCUT2D eigenvalue weighted by Gasteiger charge is 2.38. The number of aromatic nitrogens is 2. The summed E-state index contributed by atoms with van der Waals surface area (Å²) in [5, 5.41) is -1.56. The minimum Gasteiger partial charge on any atom is -0.358 e. The van der Waals surface area contributed by atoms with Crippen molar-refractivity contribution in [3.63, 3.8) is 0 Å². The van der Waals surface area contributed by atoms with E-state index in [-0.39, 0.29) is 31.2 Å². The molecule has 1 aromatic rings. The highest BCUT2D eigenvalue weighted by Crippen LogP contribution is 2.29. The van der Waals surface area contributed by atoms with Crippen molar-refractivity contribution in [2.75, 3.05) is 43.6 Å². The summed E-state index contributed by atoms with van der Waals surface area (Å²) < 4.78 is 87.2. The molecule has 1 aliphatic rings. The zero-order chi connectivity index (χ0) is 19.9. The van der Waals surface area contributed by atoms with Crippen molar-refractivity contribution >= 4 is 37.3 Å². The molecule has 0 aliphatic carbocycles. The average molecular weight is 437 g/mol. The first-order chi connectivity index (χ1) is 11.7. The molecule has 0 radical (unpaired) electrons. The summed E-state index contributed by atoms with van der Waals surface area (Å²) in [5.74, 6) is -2.03. The fourth-order valence-electron chi connectivity index (χ4n) is 2.43. The molecular weight excluding hydrogens is 421 g/mol. The Morgan fingerprint density at radius 1 is 1.38 bits per heavy atom. The number of hydrogen-bond acceptors (Lipinski definition) is 7. The Balaban J connectivity index is 2.27. The molecule has 26 heavy (non-hydrogen) atoms. The van der Waals surface area contributed by atoms with E-state index in [0.717, 1.165) is 16.6 Å². The van der Waals surface area contributed by atoms with E-state index in [1.54, 1.807) is 0 Å². The predicted molar refractivity (Wildman–Crippen MR) is 89.3 cm³/mol. The van der Waals surface area contributed by atoms with Gasteiger partial charge in [0.05, 0.1) is 17.3 Å². The molecule has 148 valence electrons. The number of sulfone groups is 1. The molecule has 2 heterocycles. The van der Waals surface area contributed by atoms with E-state index >= 15 is 0 Å². The van der Waals surface area contributed by atoms with Crippen LogP contribution in [0.4, 0.5) is 19.0 Å². The first kappa shape index (κ1) is 21.1. The van der Waals surface area contributed by atoms with Gasteiger partial charge in [-0.3, -0.25) is 0 Å². The lowest BCUT2D eigenvalue weighted by atomic mass is 10.3. The van der Waals surface area contributed by atoms with Crippen LogP contribution in [0.25, 0.3) is 0 Å². The Morgan fingerprint density at radius 3 is 2.54 bits per heavy atom. The van der Waals surface area contributed by atoms with Gasteiger partial charge in [-0.2, -0.15) is 17.5 Å². The zero-order valence-corrected chi connectivity index (χ0v) is 16.1. The molecule has 1 aromatic heterocycles. The van der Waals surface area contributed by atoms with Crippen molar-refractivity contribution in [1.29, 1.82) is 0 Å². The van der Waals surface area contributed by atoms with Crippen LogP contribution < -0.4 is 4.90 Å². The van der Waals surface area contributed by atoms with Gasteiger partial charge in [0.15, 0.2) is 9.84 Å². The third-order valence-electron chi connectivity index (χ3n) is 3.81. The van der Waals surface area contributed by atoms with Crippen LogP contribution in [-0.4, -0.2) is 75.0 Å². The standard InChI is InChI=1S/C12H16ClF3N4O4S2/c1-19(10-5-9(13)17-11(18-10)12(14,15)16)6-8-7-20(25(2,21)22)3-4-26(8,23)24/h5,8H,3-4,6-7H2,1-2H3. The van der Waals surface area contributed by atoms with E-state index in [0.29, 0.717) is 0 Å². The van der Waals surface area contributed by atoms with E-state index in [1.165, 1.54) is 11.9 Å². The third kappa shape index (κ3) is 4.96. The van der Waals surface area contributed by atoms with Crippen molar-refractivity contribution in [1.82, 2.24) is 14.3 Å². The van der Waals surface area contributed by atoms with Crippen molar-refractivity contribution in [2.45, 2.75) is 11.4 Å². The van der Waals surface area contributed by atoms with Crippen LogP contribution in [0.1, 0.15) is 5.82 Å². The van der Waals surface area contributed by atoms with Gasteiger partial charge in [-0.15, -0.1) is 0 Å². The summed E-state index contributed by atoms with van der Waals surface area (Å²) in [4.78, 5) is 7.65. The van der Waals surface area contributed by atoms with Gasteiger partial charge in [-0.25, -0.2) is 26.8 Å². The molecule has 1 atom stereocenters. The minimum atomic E-state index is -4.81. The van der Waals surface area contributed by atoms with Crippen molar-refractivity contribution in [3.05, 3.63) is 17.0 Å².